The van der Waals surface area contributed by atoms with Crippen molar-refractivity contribution in [2.24, 2.45) is 0 Å². The Kier molecular flexibility index (Phi) is 12.0. The van der Waals surface area contributed by atoms with Gasteiger partial charge in [-0.05, 0) is 12.5 Å². The van der Waals surface area contributed by atoms with Crippen molar-refractivity contribution >= 4 is 6.21 Å². The first-order chi connectivity index (χ1) is 4.35. The molecule has 0 fully saturated rings. The molecule has 0 amide bonds. The molecule has 0 radical (unpaired) electrons. The van der Waals surface area contributed by atoms with Gasteiger partial charge >= 0.3 is 0 Å². The van der Waals surface area contributed by atoms with Gasteiger partial charge in [-0.3, -0.25) is 0 Å². The molecule has 1 N–H and O–H groups in total. The van der Waals surface area contributed by atoms with Crippen molar-refractivity contribution in [1.82, 2.24) is 0 Å². The molecule has 0 aliphatic heterocycles. The van der Waals surface area contributed by atoms with E-state index in [9.17, 15) is 0 Å². The summed E-state index contributed by atoms with van der Waals surface area (Å²) in [6.07, 6.45) is 4.75. The fourth-order valence-electron chi connectivity index (χ4n) is 0.260. The first kappa shape index (κ1) is 10.8. The molecule has 0 heterocycles. The van der Waals surface area contributed by atoms with Crippen LogP contribution >= 0.6 is 0 Å². The topological polar surface area (TPSA) is 23.9 Å². The van der Waals surface area contributed by atoms with Gasteiger partial charge in [-0.25, -0.2) is 0 Å². The van der Waals surface area contributed by atoms with Crippen LogP contribution in [-0.2, 0) is 0 Å². The highest BCUT2D eigenvalue weighted by Crippen LogP contribution is 1.86. The fourth-order valence-corrected chi connectivity index (χ4v) is 0.260. The van der Waals surface area contributed by atoms with Crippen LogP contribution in [0, 0.1) is 5.41 Å². The Labute approximate surface area is 56.9 Å². The number of hydrogen-bond donors (Lipinski definition) is 1. The van der Waals surface area contributed by atoms with E-state index in [1.165, 1.54) is 6.21 Å². The van der Waals surface area contributed by atoms with Gasteiger partial charge in [0.2, 0.25) is 0 Å². The van der Waals surface area contributed by atoms with E-state index in [4.69, 9.17) is 5.41 Å². The zero-order valence-electron chi connectivity index (χ0n) is 5.85. The normalized spacial score (nSPS) is 8.78. The van der Waals surface area contributed by atoms with Crippen LogP contribution < -0.4 is 0 Å². The Morgan fingerprint density at radius 1 is 1.44 bits per heavy atom. The summed E-state index contributed by atoms with van der Waals surface area (Å²) in [7, 11) is 0. The molecule has 50 valence electrons. The zero-order valence-corrected chi connectivity index (χ0v) is 5.85. The van der Waals surface area contributed by atoms with Gasteiger partial charge in [0.15, 0.2) is 0 Å². The number of hydrogen-bond acceptors (Lipinski definition) is 1. The zero-order chi connectivity index (χ0) is 7.70. The lowest BCUT2D eigenvalue weighted by Crippen LogP contribution is -1.71. The molecule has 0 aromatic carbocycles. The summed E-state index contributed by atoms with van der Waals surface area (Å²) in [5.41, 5.74) is 0.861. The molecule has 9 heavy (non-hydrogen) atoms. The molecule has 0 spiro atoms. The van der Waals surface area contributed by atoms with Crippen molar-refractivity contribution in [3.05, 3.63) is 37.5 Å². The summed E-state index contributed by atoms with van der Waals surface area (Å²) >= 11 is 0. The first-order valence-electron chi connectivity index (χ1n) is 2.64. The quantitative estimate of drug-likeness (QED) is 0.331. The third-order valence-corrected chi connectivity index (χ3v) is 0.736. The standard InChI is InChI=1S/C6H9N.C2H4/c1-3-6(4-2)5-7;1-2/h3-5,7H,1H2,2H3;1-2H2/b6-4+,7-5?;. The maximum Gasteiger partial charge on any atom is 0.0246 e. The molecule has 0 aliphatic carbocycles. The lowest BCUT2D eigenvalue weighted by molar-refractivity contribution is 1.54. The highest BCUT2D eigenvalue weighted by molar-refractivity contribution is 5.79. The van der Waals surface area contributed by atoms with Gasteiger partial charge in [0.1, 0.15) is 0 Å². The molecule has 0 unspecified atom stereocenters. The maximum atomic E-state index is 6.70. The Morgan fingerprint density at radius 2 is 1.89 bits per heavy atom. The summed E-state index contributed by atoms with van der Waals surface area (Å²) in [6.45, 7) is 11.4. The number of rotatable bonds is 2. The van der Waals surface area contributed by atoms with E-state index in [0.717, 1.165) is 5.57 Å². The van der Waals surface area contributed by atoms with Crippen molar-refractivity contribution in [2.75, 3.05) is 0 Å². The van der Waals surface area contributed by atoms with Crippen molar-refractivity contribution in [3.63, 3.8) is 0 Å². The van der Waals surface area contributed by atoms with Crippen molar-refractivity contribution < 1.29 is 0 Å². The first-order valence-corrected chi connectivity index (χ1v) is 2.64. The number of nitrogens with one attached hydrogen (secondary N) is 1. The second-order valence-corrected chi connectivity index (χ2v) is 1.14. The Morgan fingerprint density at radius 3 is 1.89 bits per heavy atom. The predicted octanol–water partition coefficient (Wildman–Crippen LogP) is 2.57. The lowest BCUT2D eigenvalue weighted by atomic mass is 10.3. The average molecular weight is 123 g/mol. The summed E-state index contributed by atoms with van der Waals surface area (Å²) in [5.74, 6) is 0. The van der Waals surface area contributed by atoms with E-state index in [0.29, 0.717) is 0 Å². The SMILES string of the molecule is C=C.C=C/C(C=N)=C\C. The lowest BCUT2D eigenvalue weighted by Gasteiger charge is -1.80. The van der Waals surface area contributed by atoms with Gasteiger partial charge < -0.3 is 5.41 Å². The third kappa shape index (κ3) is 6.89. The summed E-state index contributed by atoms with van der Waals surface area (Å²) in [4.78, 5) is 0. The van der Waals surface area contributed by atoms with Crippen LogP contribution in [0.4, 0.5) is 0 Å². The largest absolute Gasteiger partial charge is 0.308 e. The van der Waals surface area contributed by atoms with E-state index in [-0.39, 0.29) is 0 Å². The Balaban J connectivity index is 0. The molecule has 1 heteroatoms. The van der Waals surface area contributed by atoms with E-state index in [1.807, 2.05) is 13.0 Å². The van der Waals surface area contributed by atoms with Gasteiger partial charge in [0.25, 0.3) is 0 Å². The molecule has 0 saturated heterocycles. The highest BCUT2D eigenvalue weighted by atomic mass is 14.3. The molecule has 0 aliphatic rings. The summed E-state index contributed by atoms with van der Waals surface area (Å²) in [5, 5.41) is 6.70. The predicted molar refractivity (Wildman–Crippen MR) is 44.0 cm³/mol. The van der Waals surface area contributed by atoms with Gasteiger partial charge in [0, 0.05) is 6.21 Å². The van der Waals surface area contributed by atoms with Gasteiger partial charge in [0.05, 0.1) is 0 Å². The average Bonchev–Trinajstić information content (AvgIpc) is 1.96. The fraction of sp³-hybridized carbons (Fsp3) is 0.125. The van der Waals surface area contributed by atoms with Crippen LogP contribution in [0.3, 0.4) is 0 Å². The molecule has 1 nitrogen and oxygen atoms in total. The minimum atomic E-state index is 0.861. The molecule has 0 bridgehead atoms. The van der Waals surface area contributed by atoms with Gasteiger partial charge in [-0.2, -0.15) is 0 Å². The molecule has 0 rings (SSSR count). The minimum absolute atomic E-state index is 0.861. The summed E-state index contributed by atoms with van der Waals surface area (Å²) in [6, 6.07) is 0. The summed E-state index contributed by atoms with van der Waals surface area (Å²) < 4.78 is 0. The van der Waals surface area contributed by atoms with E-state index < -0.39 is 0 Å². The molecular weight excluding hydrogens is 110 g/mol. The second kappa shape index (κ2) is 10.00. The van der Waals surface area contributed by atoms with Crippen LogP contribution in [0.1, 0.15) is 6.92 Å². The van der Waals surface area contributed by atoms with E-state index in [2.05, 4.69) is 19.7 Å². The molecule has 0 aromatic rings. The molecular formula is C8H13N. The maximum absolute atomic E-state index is 6.70. The minimum Gasteiger partial charge on any atom is -0.308 e. The van der Waals surface area contributed by atoms with Crippen LogP contribution in [0.2, 0.25) is 0 Å². The third-order valence-electron chi connectivity index (χ3n) is 0.736. The number of allylic oxidation sites excluding steroid dienone is 3. The Bertz CT molecular complexity index is 102. The van der Waals surface area contributed by atoms with Crippen LogP contribution in [-0.4, -0.2) is 6.21 Å². The smallest absolute Gasteiger partial charge is 0.0246 e. The second-order valence-electron chi connectivity index (χ2n) is 1.14. The van der Waals surface area contributed by atoms with Gasteiger partial charge in [-0.1, -0.05) is 18.7 Å². The monoisotopic (exact) mass is 123 g/mol. The van der Waals surface area contributed by atoms with Crippen molar-refractivity contribution in [2.45, 2.75) is 6.92 Å². The van der Waals surface area contributed by atoms with Gasteiger partial charge in [-0.15, -0.1) is 13.2 Å². The highest BCUT2D eigenvalue weighted by Gasteiger charge is 1.73. The van der Waals surface area contributed by atoms with Crippen LogP contribution in [0.25, 0.3) is 0 Å². The molecule has 0 saturated carbocycles. The van der Waals surface area contributed by atoms with Crippen molar-refractivity contribution in [3.8, 4) is 0 Å². The Hall–Kier alpha value is -1.11. The van der Waals surface area contributed by atoms with Crippen LogP contribution in [0.5, 0.6) is 0 Å². The van der Waals surface area contributed by atoms with E-state index >= 15 is 0 Å². The molecule has 0 atom stereocenters. The van der Waals surface area contributed by atoms with E-state index in [1.54, 1.807) is 6.08 Å². The van der Waals surface area contributed by atoms with Crippen LogP contribution in [0.15, 0.2) is 37.5 Å². The van der Waals surface area contributed by atoms with Crippen molar-refractivity contribution in [1.29, 1.82) is 5.41 Å². The molecule has 0 aromatic heterocycles.